The van der Waals surface area contributed by atoms with Crippen molar-refractivity contribution in [1.82, 2.24) is 13.7 Å². The summed E-state index contributed by atoms with van der Waals surface area (Å²) in [5.41, 5.74) is 33.5. The lowest BCUT2D eigenvalue weighted by Gasteiger charge is -2.42. The van der Waals surface area contributed by atoms with Gasteiger partial charge in [-0.05, 0) is 208 Å². The van der Waals surface area contributed by atoms with Crippen LogP contribution in [0.3, 0.4) is 0 Å². The normalized spacial score (nSPS) is 13.3. The fraction of sp³-hybridized carbons (Fsp3) is 0.192. The lowest BCUT2D eigenvalue weighted by Crippen LogP contribution is -2.60. The number of fused-ring (bicyclic) bond motifs is 14. The summed E-state index contributed by atoms with van der Waals surface area (Å²) in [5.74, 6) is 0. The van der Waals surface area contributed by atoms with Crippen molar-refractivity contribution in [2.75, 3.05) is 4.90 Å². The topological polar surface area (TPSA) is 18.0 Å². The molecule has 2 aliphatic rings. The smallest absolute Gasteiger partial charge is 0.249 e. The molecule has 538 valence electrons. The SMILES string of the molecule is CC(C)(C)c1ccc(-c2ccc3c(c2)c2cc(C(C)(C)C)ccc2n3-c2ccc3c(c2)N(c2c(-c4ccccc4)cc(-c4ccccc4)cc2-c2ccccc2)c2cc(-n4c5ccc(C(C)(C)C)cc5c5cc(C(C)(C)C)ccc54)cc4c2B3c2ccc3c(c2S4)c2ccccc2n3-c2ccc(C(C)(C)C)cc2)cc1. The molecule has 14 aromatic carbocycles. The maximum atomic E-state index is 2.74. The second-order valence-electron chi connectivity index (χ2n) is 36.2. The second-order valence-corrected chi connectivity index (χ2v) is 37.3. The van der Waals surface area contributed by atoms with Gasteiger partial charge in [0.05, 0.1) is 38.8 Å². The monoisotopic (exact) mass is 1440 g/mol. The van der Waals surface area contributed by atoms with Crippen molar-refractivity contribution in [3.8, 4) is 61.6 Å². The van der Waals surface area contributed by atoms with Gasteiger partial charge in [0, 0.05) is 81.7 Å². The Balaban J connectivity index is 0.960. The molecule has 0 N–H and O–H groups in total. The first-order chi connectivity index (χ1) is 52.7. The van der Waals surface area contributed by atoms with Gasteiger partial charge in [-0.3, -0.25) is 0 Å². The molecule has 0 saturated carbocycles. The molecule has 5 heterocycles. The average molecular weight is 1440 g/mol. The van der Waals surface area contributed by atoms with Crippen LogP contribution < -0.4 is 21.3 Å². The lowest BCUT2D eigenvalue weighted by molar-refractivity contribution is 0.590. The highest BCUT2D eigenvalue weighted by molar-refractivity contribution is 8.00. The molecule has 0 unspecified atom stereocenters. The van der Waals surface area contributed by atoms with Gasteiger partial charge in [-0.1, -0.05) is 303 Å². The summed E-state index contributed by atoms with van der Waals surface area (Å²) in [6.45, 7) is 34.7. The van der Waals surface area contributed by atoms with Crippen molar-refractivity contribution in [3.63, 3.8) is 0 Å². The van der Waals surface area contributed by atoms with Crippen LogP contribution in [0.25, 0.3) is 127 Å². The first-order valence-corrected chi connectivity index (χ1v) is 40.1. The molecule has 0 amide bonds. The molecule has 3 aromatic heterocycles. The predicted molar refractivity (Wildman–Crippen MR) is 475 cm³/mol. The Labute approximate surface area is 652 Å². The molecule has 0 atom stereocenters. The van der Waals surface area contributed by atoms with Crippen LogP contribution in [0.5, 0.6) is 0 Å². The summed E-state index contributed by atoms with van der Waals surface area (Å²) in [7, 11) is 0. The zero-order chi connectivity index (χ0) is 75.8. The third-order valence-electron chi connectivity index (χ3n) is 23.9. The molecule has 2 aliphatic heterocycles. The summed E-state index contributed by atoms with van der Waals surface area (Å²) < 4.78 is 7.70. The quantitative estimate of drug-likeness (QED) is 0.141. The molecule has 110 heavy (non-hydrogen) atoms. The van der Waals surface area contributed by atoms with Crippen LogP contribution in [0.15, 0.2) is 301 Å². The van der Waals surface area contributed by atoms with Gasteiger partial charge >= 0.3 is 0 Å². The number of hydrogen-bond donors (Lipinski definition) is 0. The number of rotatable bonds is 8. The number of aromatic nitrogens is 3. The van der Waals surface area contributed by atoms with Crippen LogP contribution in [0, 0.1) is 0 Å². The van der Waals surface area contributed by atoms with Crippen molar-refractivity contribution in [2.24, 2.45) is 0 Å². The zero-order valence-electron chi connectivity index (χ0n) is 66.0. The molecular formula is C104H93BN4S. The summed E-state index contributed by atoms with van der Waals surface area (Å²) in [5, 5.41) is 7.52. The van der Waals surface area contributed by atoms with Gasteiger partial charge < -0.3 is 18.6 Å². The Morgan fingerprint density at radius 1 is 0.264 bits per heavy atom. The minimum atomic E-state index is -0.186. The minimum Gasteiger partial charge on any atom is -0.310 e. The molecule has 0 fully saturated rings. The molecule has 0 aliphatic carbocycles. The van der Waals surface area contributed by atoms with Crippen molar-refractivity contribution >= 4 is 117 Å². The number of para-hydroxylation sites is 1. The first-order valence-electron chi connectivity index (χ1n) is 39.3. The second kappa shape index (κ2) is 25.1. The van der Waals surface area contributed by atoms with Crippen molar-refractivity contribution in [3.05, 3.63) is 319 Å². The molecule has 19 rings (SSSR count). The van der Waals surface area contributed by atoms with Gasteiger partial charge in [0.15, 0.2) is 0 Å². The fourth-order valence-electron chi connectivity index (χ4n) is 17.8. The summed E-state index contributed by atoms with van der Waals surface area (Å²) in [6.07, 6.45) is 0. The fourth-order valence-corrected chi connectivity index (χ4v) is 19.2. The van der Waals surface area contributed by atoms with Gasteiger partial charge in [0.2, 0.25) is 6.71 Å². The average Bonchev–Trinajstić information content (AvgIpc) is 1.14. The Kier molecular flexibility index (Phi) is 15.8. The van der Waals surface area contributed by atoms with Crippen LogP contribution in [0.1, 0.15) is 132 Å². The van der Waals surface area contributed by atoms with Gasteiger partial charge in [-0.2, -0.15) is 0 Å². The zero-order valence-corrected chi connectivity index (χ0v) is 66.8. The Bertz CT molecular complexity index is 6460. The van der Waals surface area contributed by atoms with E-state index in [0.717, 1.165) is 67.5 Å². The maximum absolute atomic E-state index is 2.74. The number of nitrogens with zero attached hydrogens (tertiary/aromatic N) is 4. The van der Waals surface area contributed by atoms with Gasteiger partial charge in [-0.15, -0.1) is 0 Å². The summed E-state index contributed by atoms with van der Waals surface area (Å²) in [6, 6.07) is 113. The summed E-state index contributed by atoms with van der Waals surface area (Å²) >= 11 is 1.97. The third-order valence-corrected chi connectivity index (χ3v) is 25.1. The van der Waals surface area contributed by atoms with E-state index < -0.39 is 0 Å². The molecule has 0 radical (unpaired) electrons. The standard InChI is InChI=1S/C104H93BN4S/c1-100(2,3)70-38-35-65(36-39-70)68-37-50-88-81(55-68)82-58-72(102(7,8)9)42-51-89(82)107(88)76-47-48-85-93(61-76)109(98-79(66-29-21-17-22-30-66)56-69(64-27-19-16-20-28-64)57-80(98)67-31-23-18-24-32-67)94-62-77(108-90-52-43-73(103(10,11)12)59-83(90)84-60-74(104(13,14)15)44-53-91(84)108)63-95-97(94)105(85)86-49-54-92-96(99(86)110-95)78-33-25-26-34-87(78)106(92)75-45-40-71(41-46-75)101(4,5)6/h16-63H,1-15H3. The van der Waals surface area contributed by atoms with E-state index in [4.69, 9.17) is 0 Å². The molecule has 0 bridgehead atoms. The molecule has 0 saturated heterocycles. The van der Waals surface area contributed by atoms with E-state index in [1.54, 1.807) is 0 Å². The van der Waals surface area contributed by atoms with Gasteiger partial charge in [-0.25, -0.2) is 0 Å². The Hall–Kier alpha value is -11.3. The van der Waals surface area contributed by atoms with E-state index in [2.05, 4.69) is 414 Å². The highest BCUT2D eigenvalue weighted by Crippen LogP contribution is 2.54. The van der Waals surface area contributed by atoms with E-state index in [9.17, 15) is 0 Å². The number of hydrogen-bond acceptors (Lipinski definition) is 2. The van der Waals surface area contributed by atoms with Crippen LogP contribution in [-0.2, 0) is 27.1 Å². The van der Waals surface area contributed by atoms with Crippen LogP contribution in [0.2, 0.25) is 0 Å². The highest BCUT2D eigenvalue weighted by Gasteiger charge is 2.44. The van der Waals surface area contributed by atoms with Crippen molar-refractivity contribution in [2.45, 2.75) is 141 Å². The van der Waals surface area contributed by atoms with E-state index >= 15 is 0 Å². The van der Waals surface area contributed by atoms with Crippen molar-refractivity contribution in [1.29, 1.82) is 0 Å². The van der Waals surface area contributed by atoms with Crippen LogP contribution in [0.4, 0.5) is 17.1 Å². The molecular weight excluding hydrogens is 1350 g/mol. The van der Waals surface area contributed by atoms with E-state index in [1.165, 1.54) is 131 Å². The summed E-state index contributed by atoms with van der Waals surface area (Å²) in [4.78, 5) is 5.27. The molecule has 6 heteroatoms. The Morgan fingerprint density at radius 2 is 0.655 bits per heavy atom. The van der Waals surface area contributed by atoms with Crippen molar-refractivity contribution < 1.29 is 0 Å². The van der Waals surface area contributed by atoms with Gasteiger partial charge in [0.1, 0.15) is 0 Å². The predicted octanol–water partition coefficient (Wildman–Crippen LogP) is 26.9. The minimum absolute atomic E-state index is 0.0119. The van der Waals surface area contributed by atoms with E-state index in [0.29, 0.717) is 0 Å². The van der Waals surface area contributed by atoms with E-state index in [1.807, 2.05) is 11.8 Å². The molecule has 4 nitrogen and oxygen atoms in total. The van der Waals surface area contributed by atoms with Gasteiger partial charge in [0.25, 0.3) is 0 Å². The molecule has 0 spiro atoms. The van der Waals surface area contributed by atoms with Crippen LogP contribution >= 0.6 is 11.8 Å². The highest BCUT2D eigenvalue weighted by atomic mass is 32.2. The lowest BCUT2D eigenvalue weighted by atomic mass is 9.34. The maximum Gasteiger partial charge on any atom is 0.249 e. The third kappa shape index (κ3) is 11.3. The first kappa shape index (κ1) is 69.2. The van der Waals surface area contributed by atoms with Crippen LogP contribution in [-0.4, -0.2) is 20.4 Å². The molecule has 17 aromatic rings. The number of anilines is 3. The largest absolute Gasteiger partial charge is 0.310 e. The number of benzene rings is 14. The Morgan fingerprint density at radius 3 is 1.18 bits per heavy atom. The van der Waals surface area contributed by atoms with E-state index in [-0.39, 0.29) is 33.8 Å².